The fourth-order valence-corrected chi connectivity index (χ4v) is 1.61. The predicted molar refractivity (Wildman–Crippen MR) is 73.7 cm³/mol. The van der Waals surface area contributed by atoms with Crippen molar-refractivity contribution in [3.63, 3.8) is 0 Å². The molecule has 19 heavy (non-hydrogen) atoms. The second-order valence-corrected chi connectivity index (χ2v) is 4.35. The fourth-order valence-electron chi connectivity index (χ4n) is 1.61. The van der Waals surface area contributed by atoms with Crippen LogP contribution in [0.3, 0.4) is 0 Å². The van der Waals surface area contributed by atoms with E-state index >= 15 is 0 Å². The lowest BCUT2D eigenvalue weighted by Gasteiger charge is -2.11. The lowest BCUT2D eigenvalue weighted by atomic mass is 10.1. The van der Waals surface area contributed by atoms with Crippen LogP contribution in [0.15, 0.2) is 24.3 Å². The molecular weight excluding hydrogens is 244 g/mol. The molecule has 0 heterocycles. The van der Waals surface area contributed by atoms with Crippen molar-refractivity contribution in [3.8, 4) is 5.75 Å². The largest absolute Gasteiger partial charge is 0.497 e. The van der Waals surface area contributed by atoms with Crippen molar-refractivity contribution >= 4 is 5.97 Å². The summed E-state index contributed by atoms with van der Waals surface area (Å²) >= 11 is 0. The van der Waals surface area contributed by atoms with Gasteiger partial charge in [-0.05, 0) is 37.1 Å². The Kier molecular flexibility index (Phi) is 6.92. The summed E-state index contributed by atoms with van der Waals surface area (Å²) in [5, 5.41) is 0. The normalized spacial score (nSPS) is 11.9. The van der Waals surface area contributed by atoms with Gasteiger partial charge in [0.2, 0.25) is 0 Å². The highest BCUT2D eigenvalue weighted by Crippen LogP contribution is 2.12. The van der Waals surface area contributed by atoms with Crippen molar-refractivity contribution in [1.29, 1.82) is 0 Å². The van der Waals surface area contributed by atoms with Gasteiger partial charge in [0.25, 0.3) is 0 Å². The molecule has 0 unspecified atom stereocenters. The molecule has 1 rings (SSSR count). The predicted octanol–water partition coefficient (Wildman–Crippen LogP) is 1.19. The molecule has 0 aromatic heterocycles. The summed E-state index contributed by atoms with van der Waals surface area (Å²) in [6.07, 6.45) is 2.33. The van der Waals surface area contributed by atoms with Crippen LogP contribution in [0.4, 0.5) is 0 Å². The van der Waals surface area contributed by atoms with Gasteiger partial charge in [0.05, 0.1) is 7.11 Å². The standard InChI is InChI=1S/C14H22N2O3/c1-18-12-7-5-11(6-8-12)10-19-14(17)13(16)4-2-3-9-15/h5-8,13H,2-4,9-10,15-16H2,1H3/t13-/m1/s1. The summed E-state index contributed by atoms with van der Waals surface area (Å²) in [5.41, 5.74) is 12.0. The van der Waals surface area contributed by atoms with Gasteiger partial charge in [-0.15, -0.1) is 0 Å². The number of carbonyl (C=O) groups is 1. The first-order valence-corrected chi connectivity index (χ1v) is 6.42. The van der Waals surface area contributed by atoms with E-state index in [4.69, 9.17) is 20.9 Å². The van der Waals surface area contributed by atoms with Crippen molar-refractivity contribution in [2.75, 3.05) is 13.7 Å². The van der Waals surface area contributed by atoms with Crippen LogP contribution in [0.25, 0.3) is 0 Å². The van der Waals surface area contributed by atoms with E-state index in [2.05, 4.69) is 0 Å². The molecule has 1 aromatic rings. The van der Waals surface area contributed by atoms with E-state index in [0.717, 1.165) is 24.2 Å². The lowest BCUT2D eigenvalue weighted by Crippen LogP contribution is -2.32. The molecule has 0 radical (unpaired) electrons. The summed E-state index contributed by atoms with van der Waals surface area (Å²) in [6, 6.07) is 6.79. The second kappa shape index (κ2) is 8.50. The minimum Gasteiger partial charge on any atom is -0.497 e. The van der Waals surface area contributed by atoms with E-state index in [1.165, 1.54) is 0 Å². The van der Waals surface area contributed by atoms with Gasteiger partial charge in [-0.2, -0.15) is 0 Å². The van der Waals surface area contributed by atoms with Crippen LogP contribution in [0.1, 0.15) is 24.8 Å². The number of esters is 1. The highest BCUT2D eigenvalue weighted by atomic mass is 16.5. The summed E-state index contributed by atoms with van der Waals surface area (Å²) in [6.45, 7) is 0.848. The Balaban J connectivity index is 2.32. The number of hydrogen-bond acceptors (Lipinski definition) is 5. The summed E-state index contributed by atoms with van der Waals surface area (Å²) in [7, 11) is 1.61. The van der Waals surface area contributed by atoms with Crippen molar-refractivity contribution in [2.45, 2.75) is 31.9 Å². The van der Waals surface area contributed by atoms with E-state index in [1.807, 2.05) is 24.3 Å². The minimum atomic E-state index is -0.565. The molecule has 0 fully saturated rings. The Morgan fingerprint density at radius 2 is 1.95 bits per heavy atom. The van der Waals surface area contributed by atoms with Crippen LogP contribution < -0.4 is 16.2 Å². The van der Waals surface area contributed by atoms with Gasteiger partial charge in [0.1, 0.15) is 18.4 Å². The van der Waals surface area contributed by atoms with Crippen LogP contribution in [0.5, 0.6) is 5.75 Å². The van der Waals surface area contributed by atoms with Gasteiger partial charge in [0.15, 0.2) is 0 Å². The number of hydrogen-bond donors (Lipinski definition) is 2. The molecule has 0 aliphatic carbocycles. The molecule has 0 aliphatic heterocycles. The molecule has 0 bridgehead atoms. The molecule has 0 amide bonds. The van der Waals surface area contributed by atoms with Crippen LogP contribution >= 0.6 is 0 Å². The molecule has 0 spiro atoms. The smallest absolute Gasteiger partial charge is 0.323 e. The number of ether oxygens (including phenoxy) is 2. The Hall–Kier alpha value is -1.59. The number of carbonyl (C=O) groups excluding carboxylic acids is 1. The van der Waals surface area contributed by atoms with Gasteiger partial charge in [-0.3, -0.25) is 4.79 Å². The Labute approximate surface area is 113 Å². The first-order chi connectivity index (χ1) is 9.17. The molecular formula is C14H22N2O3. The zero-order valence-corrected chi connectivity index (χ0v) is 11.3. The maximum absolute atomic E-state index is 11.6. The van der Waals surface area contributed by atoms with E-state index in [0.29, 0.717) is 13.0 Å². The van der Waals surface area contributed by atoms with E-state index in [9.17, 15) is 4.79 Å². The molecule has 0 aliphatic rings. The zero-order chi connectivity index (χ0) is 14.1. The maximum atomic E-state index is 11.6. The Bertz CT molecular complexity index is 379. The first kappa shape index (κ1) is 15.5. The van der Waals surface area contributed by atoms with E-state index in [-0.39, 0.29) is 12.6 Å². The zero-order valence-electron chi connectivity index (χ0n) is 11.3. The summed E-state index contributed by atoms with van der Waals surface area (Å²) in [4.78, 5) is 11.6. The van der Waals surface area contributed by atoms with E-state index < -0.39 is 6.04 Å². The molecule has 0 saturated carbocycles. The molecule has 0 saturated heterocycles. The maximum Gasteiger partial charge on any atom is 0.323 e. The monoisotopic (exact) mass is 266 g/mol. The number of unbranched alkanes of at least 4 members (excludes halogenated alkanes) is 1. The molecule has 5 heteroatoms. The van der Waals surface area contributed by atoms with Crippen LogP contribution in [0.2, 0.25) is 0 Å². The Morgan fingerprint density at radius 1 is 1.26 bits per heavy atom. The van der Waals surface area contributed by atoms with Gasteiger partial charge < -0.3 is 20.9 Å². The van der Waals surface area contributed by atoms with Crippen LogP contribution in [0, 0.1) is 0 Å². The minimum absolute atomic E-state index is 0.230. The number of rotatable bonds is 8. The molecule has 1 atom stereocenters. The molecule has 106 valence electrons. The average molecular weight is 266 g/mol. The first-order valence-electron chi connectivity index (χ1n) is 6.42. The quantitative estimate of drug-likeness (QED) is 0.545. The van der Waals surface area contributed by atoms with Gasteiger partial charge >= 0.3 is 5.97 Å². The molecule has 4 N–H and O–H groups in total. The second-order valence-electron chi connectivity index (χ2n) is 4.35. The number of nitrogens with two attached hydrogens (primary N) is 2. The third-order valence-corrected chi connectivity index (χ3v) is 2.81. The fraction of sp³-hybridized carbons (Fsp3) is 0.500. The Morgan fingerprint density at radius 3 is 2.53 bits per heavy atom. The SMILES string of the molecule is COc1ccc(COC(=O)[C@H](N)CCCCN)cc1. The molecule has 5 nitrogen and oxygen atoms in total. The summed E-state index contributed by atoms with van der Waals surface area (Å²) < 4.78 is 10.2. The number of benzene rings is 1. The van der Waals surface area contributed by atoms with Gasteiger partial charge in [-0.1, -0.05) is 18.6 Å². The van der Waals surface area contributed by atoms with Crippen molar-refractivity contribution in [1.82, 2.24) is 0 Å². The molecule has 1 aromatic carbocycles. The van der Waals surface area contributed by atoms with Crippen molar-refractivity contribution < 1.29 is 14.3 Å². The third-order valence-electron chi connectivity index (χ3n) is 2.81. The third kappa shape index (κ3) is 5.72. The number of methoxy groups -OCH3 is 1. The van der Waals surface area contributed by atoms with Gasteiger partial charge in [0, 0.05) is 0 Å². The van der Waals surface area contributed by atoms with E-state index in [1.54, 1.807) is 7.11 Å². The summed E-state index contributed by atoms with van der Waals surface area (Å²) in [5.74, 6) is 0.404. The highest BCUT2D eigenvalue weighted by Gasteiger charge is 2.14. The van der Waals surface area contributed by atoms with Crippen molar-refractivity contribution in [2.24, 2.45) is 11.5 Å². The topological polar surface area (TPSA) is 87.6 Å². The lowest BCUT2D eigenvalue weighted by molar-refractivity contribution is -0.146. The van der Waals surface area contributed by atoms with Crippen LogP contribution in [-0.2, 0) is 16.1 Å². The average Bonchev–Trinajstić information content (AvgIpc) is 2.45. The van der Waals surface area contributed by atoms with Crippen molar-refractivity contribution in [3.05, 3.63) is 29.8 Å². The van der Waals surface area contributed by atoms with Crippen LogP contribution in [-0.4, -0.2) is 25.7 Å². The highest BCUT2D eigenvalue weighted by molar-refractivity contribution is 5.75. The van der Waals surface area contributed by atoms with Gasteiger partial charge in [-0.25, -0.2) is 0 Å².